The lowest BCUT2D eigenvalue weighted by Gasteiger charge is -2.03. The highest BCUT2D eigenvalue weighted by Crippen LogP contribution is 2.28. The highest BCUT2D eigenvalue weighted by atomic mass is 16.4. The molecule has 2 aromatic rings. The summed E-state index contributed by atoms with van der Waals surface area (Å²) in [6.07, 6.45) is 0.728. The van der Waals surface area contributed by atoms with Gasteiger partial charge in [0, 0.05) is 18.1 Å². The van der Waals surface area contributed by atoms with Gasteiger partial charge in [0.05, 0.1) is 11.1 Å². The Bertz CT molecular complexity index is 567. The Morgan fingerprint density at radius 2 is 2.12 bits per heavy atom. The monoisotopic (exact) mass is 217 g/mol. The first-order chi connectivity index (χ1) is 7.57. The van der Waals surface area contributed by atoms with Gasteiger partial charge in [-0.3, -0.25) is 0 Å². The molecule has 0 aliphatic carbocycles. The minimum Gasteiger partial charge on any atom is -0.478 e. The van der Waals surface area contributed by atoms with Crippen LogP contribution in [0.1, 0.15) is 28.5 Å². The molecular weight excluding hydrogens is 202 g/mol. The van der Waals surface area contributed by atoms with E-state index in [2.05, 4.69) is 0 Å². The average Bonchev–Trinajstić information content (AvgIpc) is 2.52. The van der Waals surface area contributed by atoms with Crippen molar-refractivity contribution in [2.75, 3.05) is 0 Å². The van der Waals surface area contributed by atoms with E-state index in [9.17, 15) is 9.90 Å². The molecule has 16 heavy (non-hydrogen) atoms. The maximum absolute atomic E-state index is 11.3. The van der Waals surface area contributed by atoms with E-state index in [4.69, 9.17) is 0 Å². The van der Waals surface area contributed by atoms with Crippen molar-refractivity contribution in [3.63, 3.8) is 0 Å². The number of rotatable bonds is 2. The number of carboxylic acids is 1. The van der Waals surface area contributed by atoms with E-state index in [1.54, 1.807) is 0 Å². The van der Waals surface area contributed by atoms with Crippen molar-refractivity contribution >= 4 is 16.9 Å². The van der Waals surface area contributed by atoms with Crippen molar-refractivity contribution in [1.29, 1.82) is 0 Å². The SMILES string of the molecule is CCc1c(C(=O)O)c2cccc(C)c2n1C. The van der Waals surface area contributed by atoms with Gasteiger partial charge < -0.3 is 9.67 Å². The summed E-state index contributed by atoms with van der Waals surface area (Å²) in [4.78, 5) is 11.3. The summed E-state index contributed by atoms with van der Waals surface area (Å²) in [5.74, 6) is -0.840. The Hall–Kier alpha value is -1.77. The van der Waals surface area contributed by atoms with Crippen LogP contribution >= 0.6 is 0 Å². The highest BCUT2D eigenvalue weighted by molar-refractivity contribution is 6.05. The van der Waals surface area contributed by atoms with Crippen molar-refractivity contribution in [3.05, 3.63) is 35.0 Å². The zero-order valence-electron chi connectivity index (χ0n) is 9.74. The fourth-order valence-corrected chi connectivity index (χ4v) is 2.42. The van der Waals surface area contributed by atoms with Crippen LogP contribution in [0.2, 0.25) is 0 Å². The van der Waals surface area contributed by atoms with E-state index >= 15 is 0 Å². The first-order valence-electron chi connectivity index (χ1n) is 5.38. The summed E-state index contributed by atoms with van der Waals surface area (Å²) in [6.45, 7) is 3.99. The van der Waals surface area contributed by atoms with Gasteiger partial charge in [-0.2, -0.15) is 0 Å². The smallest absolute Gasteiger partial charge is 0.338 e. The molecule has 1 N–H and O–H groups in total. The van der Waals surface area contributed by atoms with E-state index in [0.717, 1.165) is 28.6 Å². The topological polar surface area (TPSA) is 42.2 Å². The zero-order valence-corrected chi connectivity index (χ0v) is 9.74. The van der Waals surface area contributed by atoms with E-state index in [0.29, 0.717) is 5.56 Å². The average molecular weight is 217 g/mol. The third kappa shape index (κ3) is 1.32. The highest BCUT2D eigenvalue weighted by Gasteiger charge is 2.19. The molecule has 3 nitrogen and oxygen atoms in total. The molecule has 84 valence electrons. The predicted octanol–water partition coefficient (Wildman–Crippen LogP) is 2.75. The first kappa shape index (κ1) is 10.7. The molecule has 1 aromatic heterocycles. The minimum atomic E-state index is -0.840. The van der Waals surface area contributed by atoms with Crippen molar-refractivity contribution in [2.45, 2.75) is 20.3 Å². The van der Waals surface area contributed by atoms with Gasteiger partial charge in [-0.25, -0.2) is 4.79 Å². The molecule has 0 aliphatic rings. The molecule has 2 rings (SSSR count). The van der Waals surface area contributed by atoms with Gasteiger partial charge >= 0.3 is 5.97 Å². The molecule has 0 saturated heterocycles. The van der Waals surface area contributed by atoms with Crippen LogP contribution in [-0.4, -0.2) is 15.6 Å². The fraction of sp³-hybridized carbons (Fsp3) is 0.308. The number of aromatic nitrogens is 1. The molecule has 0 amide bonds. The van der Waals surface area contributed by atoms with Crippen LogP contribution in [-0.2, 0) is 13.5 Å². The molecule has 0 spiro atoms. The van der Waals surface area contributed by atoms with Gasteiger partial charge in [-0.1, -0.05) is 25.1 Å². The van der Waals surface area contributed by atoms with Gasteiger partial charge in [0.2, 0.25) is 0 Å². The zero-order chi connectivity index (χ0) is 11.9. The van der Waals surface area contributed by atoms with Crippen molar-refractivity contribution in [2.24, 2.45) is 7.05 Å². The van der Waals surface area contributed by atoms with Gasteiger partial charge in [-0.05, 0) is 18.9 Å². The summed E-state index contributed by atoms with van der Waals surface area (Å²) in [6, 6.07) is 5.79. The second-order valence-corrected chi connectivity index (χ2v) is 4.01. The lowest BCUT2D eigenvalue weighted by Crippen LogP contribution is -2.02. The second-order valence-electron chi connectivity index (χ2n) is 4.01. The largest absolute Gasteiger partial charge is 0.478 e. The molecule has 3 heteroatoms. The number of aromatic carboxylic acids is 1. The number of fused-ring (bicyclic) bond motifs is 1. The number of hydrogen-bond acceptors (Lipinski definition) is 1. The Kier molecular flexibility index (Phi) is 2.46. The van der Waals surface area contributed by atoms with E-state index < -0.39 is 5.97 Å². The number of hydrogen-bond donors (Lipinski definition) is 1. The molecule has 0 aliphatic heterocycles. The summed E-state index contributed by atoms with van der Waals surface area (Å²) < 4.78 is 1.99. The third-order valence-electron chi connectivity index (χ3n) is 3.08. The standard InChI is InChI=1S/C13H15NO2/c1-4-10-11(13(15)16)9-7-5-6-8(2)12(9)14(10)3/h5-7H,4H2,1-3H3,(H,15,16). The normalized spacial score (nSPS) is 10.9. The number of aryl methyl sites for hydroxylation is 2. The molecule has 1 aromatic carbocycles. The number of benzene rings is 1. The van der Waals surface area contributed by atoms with Gasteiger partial charge in [-0.15, -0.1) is 0 Å². The molecule has 1 heterocycles. The number of nitrogens with zero attached hydrogens (tertiary/aromatic N) is 1. The molecule has 0 unspecified atom stereocenters. The number of carboxylic acid groups (broad SMARTS) is 1. The van der Waals surface area contributed by atoms with Crippen molar-refractivity contribution in [3.8, 4) is 0 Å². The Morgan fingerprint density at radius 1 is 1.44 bits per heavy atom. The van der Waals surface area contributed by atoms with E-state index in [1.165, 1.54) is 0 Å². The Morgan fingerprint density at radius 3 is 2.69 bits per heavy atom. The van der Waals surface area contributed by atoms with Crippen molar-refractivity contribution < 1.29 is 9.90 Å². The molecule has 0 bridgehead atoms. The van der Waals surface area contributed by atoms with Crippen LogP contribution in [0.25, 0.3) is 10.9 Å². The molecule has 0 saturated carbocycles. The Balaban J connectivity index is 2.97. The quantitative estimate of drug-likeness (QED) is 0.840. The van der Waals surface area contributed by atoms with Crippen LogP contribution in [0.3, 0.4) is 0 Å². The van der Waals surface area contributed by atoms with Crippen LogP contribution in [0.15, 0.2) is 18.2 Å². The minimum absolute atomic E-state index is 0.448. The van der Waals surface area contributed by atoms with Crippen LogP contribution in [0.4, 0.5) is 0 Å². The predicted molar refractivity (Wildman–Crippen MR) is 64.0 cm³/mol. The molecule has 0 fully saturated rings. The third-order valence-corrected chi connectivity index (χ3v) is 3.08. The second kappa shape index (κ2) is 3.67. The van der Waals surface area contributed by atoms with E-state index in [1.807, 2.05) is 43.7 Å². The van der Waals surface area contributed by atoms with Crippen LogP contribution in [0, 0.1) is 6.92 Å². The van der Waals surface area contributed by atoms with Gasteiger partial charge in [0.25, 0.3) is 0 Å². The van der Waals surface area contributed by atoms with Gasteiger partial charge in [0.1, 0.15) is 0 Å². The lowest BCUT2D eigenvalue weighted by molar-refractivity contribution is 0.0697. The summed E-state index contributed by atoms with van der Waals surface area (Å²) in [7, 11) is 1.93. The molecule has 0 atom stereocenters. The fourth-order valence-electron chi connectivity index (χ4n) is 2.42. The number of para-hydroxylation sites is 1. The van der Waals surface area contributed by atoms with Crippen molar-refractivity contribution in [1.82, 2.24) is 4.57 Å². The maximum atomic E-state index is 11.3. The lowest BCUT2D eigenvalue weighted by atomic mass is 10.1. The van der Waals surface area contributed by atoms with Crippen LogP contribution < -0.4 is 0 Å². The van der Waals surface area contributed by atoms with Crippen LogP contribution in [0.5, 0.6) is 0 Å². The summed E-state index contributed by atoms with van der Waals surface area (Å²) in [5, 5.41) is 10.1. The van der Waals surface area contributed by atoms with E-state index in [-0.39, 0.29) is 0 Å². The van der Waals surface area contributed by atoms with Gasteiger partial charge in [0.15, 0.2) is 0 Å². The Labute approximate surface area is 94.3 Å². The maximum Gasteiger partial charge on any atom is 0.338 e. The number of carbonyl (C=O) groups is 1. The summed E-state index contributed by atoms with van der Waals surface area (Å²) >= 11 is 0. The molecular formula is C13H15NO2. The summed E-state index contributed by atoms with van der Waals surface area (Å²) in [5.41, 5.74) is 3.47. The molecule has 0 radical (unpaired) electrons. The first-order valence-corrected chi connectivity index (χ1v) is 5.38.